The number of rotatable bonds is 5. The number of carbonyl (C=O) groups excluding carboxylic acids is 1. The van der Waals surface area contributed by atoms with Crippen LogP contribution >= 0.6 is 11.3 Å². The third-order valence-electron chi connectivity index (χ3n) is 6.07. The number of aromatic nitrogens is 1. The lowest BCUT2D eigenvalue weighted by Gasteiger charge is -2.34. The number of carbonyl (C=O) groups is 1. The number of para-hydroxylation sites is 1. The van der Waals surface area contributed by atoms with Crippen LogP contribution in [0.5, 0.6) is 0 Å². The molecule has 2 saturated heterocycles. The molecule has 0 saturated carbocycles. The highest BCUT2D eigenvalue weighted by Gasteiger charge is 2.27. The summed E-state index contributed by atoms with van der Waals surface area (Å²) in [5.74, 6) is -0.0649. The minimum atomic E-state index is -3.56. The second-order valence-electron chi connectivity index (χ2n) is 8.18. The summed E-state index contributed by atoms with van der Waals surface area (Å²) >= 11 is 1.72. The molecule has 2 fully saturated rings. The average Bonchev–Trinajstić information content (AvgIpc) is 3.27. The predicted octanol–water partition coefficient (Wildman–Crippen LogP) is 2.28. The number of nitrogens with zero attached hydrogens (tertiary/aromatic N) is 4. The van der Waals surface area contributed by atoms with Crippen LogP contribution < -0.4 is 0 Å². The molecule has 0 radical (unpaired) electrons. The van der Waals surface area contributed by atoms with Crippen LogP contribution in [0.2, 0.25) is 0 Å². The van der Waals surface area contributed by atoms with Crippen LogP contribution in [0, 0.1) is 0 Å². The Kier molecular flexibility index (Phi) is 6.44. The van der Waals surface area contributed by atoms with Gasteiger partial charge in [-0.1, -0.05) is 12.1 Å². The highest BCUT2D eigenvalue weighted by Crippen LogP contribution is 2.23. The monoisotopic (exact) mass is 486 g/mol. The molecule has 10 heteroatoms. The topological polar surface area (TPSA) is 83.0 Å². The molecule has 3 heterocycles. The Morgan fingerprint density at radius 2 is 1.64 bits per heavy atom. The van der Waals surface area contributed by atoms with E-state index in [1.54, 1.807) is 23.5 Å². The molecule has 174 valence electrons. The highest BCUT2D eigenvalue weighted by molar-refractivity contribution is 7.89. The van der Waals surface area contributed by atoms with Crippen molar-refractivity contribution in [2.45, 2.75) is 11.4 Å². The number of amides is 1. The zero-order chi connectivity index (χ0) is 22.8. The van der Waals surface area contributed by atoms with E-state index in [1.165, 1.54) is 21.1 Å². The van der Waals surface area contributed by atoms with Crippen molar-refractivity contribution in [1.29, 1.82) is 0 Å². The smallest absolute Gasteiger partial charge is 0.253 e. The van der Waals surface area contributed by atoms with E-state index in [1.807, 2.05) is 23.1 Å². The van der Waals surface area contributed by atoms with Gasteiger partial charge in [-0.3, -0.25) is 9.69 Å². The average molecular weight is 487 g/mol. The Labute approximate surface area is 197 Å². The van der Waals surface area contributed by atoms with Gasteiger partial charge in [0.2, 0.25) is 10.0 Å². The first kappa shape index (κ1) is 22.4. The van der Waals surface area contributed by atoms with E-state index in [2.05, 4.69) is 11.0 Å². The number of ether oxygens (including phenoxy) is 1. The second-order valence-corrected chi connectivity index (χ2v) is 11.2. The molecule has 0 aliphatic carbocycles. The zero-order valence-corrected chi connectivity index (χ0v) is 19.9. The number of hydrogen-bond acceptors (Lipinski definition) is 7. The summed E-state index contributed by atoms with van der Waals surface area (Å²) in [5, 5.41) is 1.09. The summed E-state index contributed by atoms with van der Waals surface area (Å²) < 4.78 is 33.4. The normalized spacial score (nSPS) is 18.6. The first-order valence-corrected chi connectivity index (χ1v) is 13.3. The third kappa shape index (κ3) is 4.80. The quantitative estimate of drug-likeness (QED) is 0.550. The zero-order valence-electron chi connectivity index (χ0n) is 18.2. The summed E-state index contributed by atoms with van der Waals surface area (Å²) in [6.07, 6.45) is 0. The molecular formula is C23H26N4O4S2. The lowest BCUT2D eigenvalue weighted by atomic mass is 10.2. The molecule has 0 bridgehead atoms. The van der Waals surface area contributed by atoms with Crippen LogP contribution in [0.15, 0.2) is 53.4 Å². The van der Waals surface area contributed by atoms with Crippen LogP contribution in [0.1, 0.15) is 15.4 Å². The van der Waals surface area contributed by atoms with Crippen molar-refractivity contribution in [1.82, 2.24) is 19.1 Å². The number of piperazine rings is 1. The molecule has 5 rings (SSSR count). The Hall–Kier alpha value is -2.37. The third-order valence-corrected chi connectivity index (χ3v) is 9.00. The van der Waals surface area contributed by atoms with Gasteiger partial charge in [-0.05, 0) is 36.4 Å². The highest BCUT2D eigenvalue weighted by atomic mass is 32.2. The number of benzene rings is 2. The van der Waals surface area contributed by atoms with E-state index in [-0.39, 0.29) is 10.8 Å². The molecule has 2 aliphatic heterocycles. The van der Waals surface area contributed by atoms with Crippen LogP contribution in [-0.2, 0) is 21.3 Å². The second kappa shape index (κ2) is 9.47. The van der Waals surface area contributed by atoms with Crippen molar-refractivity contribution in [3.8, 4) is 0 Å². The SMILES string of the molecule is O=C(c1ccc(S(=O)(=O)N2CCOCC2)cc1)N1CCN(Cc2nc3ccccc3s2)CC1. The molecule has 2 aromatic carbocycles. The fourth-order valence-electron chi connectivity index (χ4n) is 4.18. The van der Waals surface area contributed by atoms with Gasteiger partial charge in [0.25, 0.3) is 5.91 Å². The minimum Gasteiger partial charge on any atom is -0.379 e. The Bertz CT molecular complexity index is 1200. The number of hydrogen-bond donors (Lipinski definition) is 0. The first-order valence-electron chi connectivity index (χ1n) is 11.0. The molecule has 8 nitrogen and oxygen atoms in total. The van der Waals surface area contributed by atoms with Crippen molar-refractivity contribution >= 4 is 37.5 Å². The lowest BCUT2D eigenvalue weighted by Crippen LogP contribution is -2.48. The Morgan fingerprint density at radius 3 is 2.33 bits per heavy atom. The van der Waals surface area contributed by atoms with Crippen molar-refractivity contribution in [3.63, 3.8) is 0 Å². The minimum absolute atomic E-state index is 0.0649. The maximum absolute atomic E-state index is 13.0. The van der Waals surface area contributed by atoms with E-state index >= 15 is 0 Å². The molecule has 2 aliphatic rings. The summed E-state index contributed by atoms with van der Waals surface area (Å²) in [7, 11) is -3.56. The van der Waals surface area contributed by atoms with E-state index in [4.69, 9.17) is 9.72 Å². The first-order chi connectivity index (χ1) is 16.0. The van der Waals surface area contributed by atoms with Gasteiger partial charge in [0, 0.05) is 44.8 Å². The van der Waals surface area contributed by atoms with Crippen molar-refractivity contribution in [3.05, 3.63) is 59.1 Å². The molecule has 0 unspecified atom stereocenters. The molecule has 0 atom stereocenters. The van der Waals surface area contributed by atoms with Crippen LogP contribution in [0.25, 0.3) is 10.2 Å². The molecule has 3 aromatic rings. The number of thiazole rings is 1. The fraction of sp³-hybridized carbons (Fsp3) is 0.391. The Balaban J connectivity index is 1.18. The molecule has 0 spiro atoms. The standard InChI is InChI=1S/C23H26N4O4S2/c28-23(18-5-7-19(8-6-18)33(29,30)27-13-15-31-16-14-27)26-11-9-25(10-12-26)17-22-24-20-3-1-2-4-21(20)32-22/h1-8H,9-17H2. The summed E-state index contributed by atoms with van der Waals surface area (Å²) in [6.45, 7) is 5.14. The molecule has 1 aromatic heterocycles. The van der Waals surface area contributed by atoms with Crippen molar-refractivity contribution in [2.24, 2.45) is 0 Å². The summed E-state index contributed by atoms with van der Waals surface area (Å²) in [4.78, 5) is 22.0. The number of morpholine rings is 1. The van der Waals surface area contributed by atoms with Gasteiger partial charge < -0.3 is 9.64 Å². The lowest BCUT2D eigenvalue weighted by molar-refractivity contribution is 0.0628. The van der Waals surface area contributed by atoms with Crippen LogP contribution in [-0.4, -0.2) is 85.9 Å². The van der Waals surface area contributed by atoms with Crippen LogP contribution in [0.4, 0.5) is 0 Å². The van der Waals surface area contributed by atoms with Gasteiger partial charge in [-0.15, -0.1) is 11.3 Å². The number of sulfonamides is 1. The molecule has 33 heavy (non-hydrogen) atoms. The van der Waals surface area contributed by atoms with Gasteiger partial charge in [0.15, 0.2) is 0 Å². The number of fused-ring (bicyclic) bond motifs is 1. The van der Waals surface area contributed by atoms with Gasteiger partial charge >= 0.3 is 0 Å². The fourth-order valence-corrected chi connectivity index (χ4v) is 6.59. The maximum atomic E-state index is 13.0. The summed E-state index contributed by atoms with van der Waals surface area (Å²) in [6, 6.07) is 14.4. The van der Waals surface area contributed by atoms with E-state index < -0.39 is 10.0 Å². The van der Waals surface area contributed by atoms with Crippen molar-refractivity contribution < 1.29 is 17.9 Å². The van der Waals surface area contributed by atoms with Gasteiger partial charge in [-0.2, -0.15) is 4.31 Å². The van der Waals surface area contributed by atoms with Crippen molar-refractivity contribution in [2.75, 3.05) is 52.5 Å². The molecule has 0 N–H and O–H groups in total. The van der Waals surface area contributed by atoms with Gasteiger partial charge in [0.05, 0.1) is 34.9 Å². The summed E-state index contributed by atoms with van der Waals surface area (Å²) in [5.41, 5.74) is 1.54. The maximum Gasteiger partial charge on any atom is 0.253 e. The largest absolute Gasteiger partial charge is 0.379 e. The predicted molar refractivity (Wildman–Crippen MR) is 127 cm³/mol. The van der Waals surface area contributed by atoms with E-state index in [9.17, 15) is 13.2 Å². The molecular weight excluding hydrogens is 460 g/mol. The molecule has 1 amide bonds. The van der Waals surface area contributed by atoms with E-state index in [0.29, 0.717) is 45.0 Å². The van der Waals surface area contributed by atoms with Crippen LogP contribution in [0.3, 0.4) is 0 Å². The van der Waals surface area contributed by atoms with E-state index in [0.717, 1.165) is 30.2 Å². The van der Waals surface area contributed by atoms with Gasteiger partial charge in [0.1, 0.15) is 5.01 Å². The Morgan fingerprint density at radius 1 is 0.939 bits per heavy atom. The van der Waals surface area contributed by atoms with Gasteiger partial charge in [-0.25, -0.2) is 13.4 Å².